The van der Waals surface area contributed by atoms with Gasteiger partial charge in [0.15, 0.2) is 0 Å². The van der Waals surface area contributed by atoms with Crippen LogP contribution in [0.2, 0.25) is 0 Å². The van der Waals surface area contributed by atoms with Crippen LogP contribution in [0.25, 0.3) is 0 Å². The molecule has 1 saturated carbocycles. The van der Waals surface area contributed by atoms with E-state index in [2.05, 4.69) is 19.2 Å². The molecule has 1 rings (SSSR count). The predicted molar refractivity (Wildman–Crippen MR) is 55.7 cm³/mol. The summed E-state index contributed by atoms with van der Waals surface area (Å²) < 4.78 is 0. The van der Waals surface area contributed by atoms with Crippen LogP contribution >= 0.6 is 0 Å². The number of rotatable bonds is 3. The van der Waals surface area contributed by atoms with Crippen molar-refractivity contribution >= 4 is 0 Å². The van der Waals surface area contributed by atoms with Crippen LogP contribution in [0.1, 0.15) is 39.5 Å². The minimum Gasteiger partial charge on any atom is -0.389 e. The van der Waals surface area contributed by atoms with Gasteiger partial charge in [0.05, 0.1) is 5.60 Å². The van der Waals surface area contributed by atoms with Crippen molar-refractivity contribution < 1.29 is 5.11 Å². The van der Waals surface area contributed by atoms with Crippen molar-refractivity contribution in [1.82, 2.24) is 5.32 Å². The monoisotopic (exact) mass is 185 g/mol. The Hall–Kier alpha value is -0.0800. The normalized spacial score (nSPS) is 35.3. The average molecular weight is 185 g/mol. The van der Waals surface area contributed by atoms with Crippen LogP contribution in [0.3, 0.4) is 0 Å². The molecule has 0 heterocycles. The number of likely N-dealkylation sites (N-methyl/N-ethyl adjacent to an activating group) is 1. The third kappa shape index (κ3) is 2.96. The van der Waals surface area contributed by atoms with E-state index in [9.17, 15) is 5.11 Å². The van der Waals surface area contributed by atoms with E-state index in [4.69, 9.17) is 0 Å². The van der Waals surface area contributed by atoms with Crippen molar-refractivity contribution in [3.63, 3.8) is 0 Å². The van der Waals surface area contributed by atoms with Gasteiger partial charge in [0.1, 0.15) is 0 Å². The molecule has 1 aliphatic carbocycles. The molecule has 1 aliphatic rings. The highest BCUT2D eigenvalue weighted by molar-refractivity contribution is 4.88. The lowest BCUT2D eigenvalue weighted by molar-refractivity contribution is -0.0217. The van der Waals surface area contributed by atoms with Crippen LogP contribution < -0.4 is 5.32 Å². The highest BCUT2D eigenvalue weighted by Crippen LogP contribution is 2.35. The van der Waals surface area contributed by atoms with E-state index in [0.29, 0.717) is 11.8 Å². The van der Waals surface area contributed by atoms with Crippen LogP contribution in [0, 0.1) is 11.8 Å². The Labute approximate surface area is 81.7 Å². The molecule has 13 heavy (non-hydrogen) atoms. The molecule has 78 valence electrons. The van der Waals surface area contributed by atoms with E-state index in [1.54, 1.807) is 0 Å². The van der Waals surface area contributed by atoms with Gasteiger partial charge in [0, 0.05) is 6.54 Å². The number of hydrogen-bond donors (Lipinski definition) is 2. The lowest BCUT2D eigenvalue weighted by Crippen LogP contribution is -2.44. The van der Waals surface area contributed by atoms with Gasteiger partial charge in [0.25, 0.3) is 0 Å². The summed E-state index contributed by atoms with van der Waals surface area (Å²) in [6.45, 7) is 5.27. The molecule has 0 aromatic rings. The fraction of sp³-hybridized carbons (Fsp3) is 1.00. The predicted octanol–water partition coefficient (Wildman–Crippen LogP) is 1.78. The summed E-state index contributed by atoms with van der Waals surface area (Å²) in [4.78, 5) is 0. The quantitative estimate of drug-likeness (QED) is 0.702. The molecule has 2 N–H and O–H groups in total. The molecule has 2 heteroatoms. The molecule has 2 nitrogen and oxygen atoms in total. The Morgan fingerprint density at radius 2 is 2.23 bits per heavy atom. The van der Waals surface area contributed by atoms with E-state index in [-0.39, 0.29) is 0 Å². The summed E-state index contributed by atoms with van der Waals surface area (Å²) in [5, 5.41) is 13.3. The summed E-state index contributed by atoms with van der Waals surface area (Å²) in [5.74, 6) is 1.43. The lowest BCUT2D eigenvalue weighted by Gasteiger charge is -2.38. The lowest BCUT2D eigenvalue weighted by atomic mass is 9.73. The fourth-order valence-electron chi connectivity index (χ4n) is 2.44. The van der Waals surface area contributed by atoms with E-state index in [0.717, 1.165) is 19.4 Å². The minimum atomic E-state index is -0.429. The van der Waals surface area contributed by atoms with Crippen molar-refractivity contribution in [3.05, 3.63) is 0 Å². The van der Waals surface area contributed by atoms with E-state index in [1.165, 1.54) is 12.8 Å². The molecule has 0 aromatic carbocycles. The van der Waals surface area contributed by atoms with E-state index >= 15 is 0 Å². The van der Waals surface area contributed by atoms with Crippen LogP contribution in [0.4, 0.5) is 0 Å². The topological polar surface area (TPSA) is 32.3 Å². The van der Waals surface area contributed by atoms with Gasteiger partial charge in [-0.2, -0.15) is 0 Å². The number of hydrogen-bond acceptors (Lipinski definition) is 2. The van der Waals surface area contributed by atoms with Crippen molar-refractivity contribution in [3.8, 4) is 0 Å². The Morgan fingerprint density at radius 1 is 1.54 bits per heavy atom. The molecule has 0 amide bonds. The Morgan fingerprint density at radius 3 is 2.77 bits per heavy atom. The van der Waals surface area contributed by atoms with Gasteiger partial charge in [-0.05, 0) is 38.1 Å². The first-order valence-electron chi connectivity index (χ1n) is 5.44. The zero-order valence-corrected chi connectivity index (χ0v) is 9.14. The third-order valence-corrected chi connectivity index (χ3v) is 3.31. The molecule has 0 aromatic heterocycles. The van der Waals surface area contributed by atoms with Crippen molar-refractivity contribution in [2.45, 2.75) is 45.1 Å². The molecule has 0 bridgehead atoms. The number of nitrogens with one attached hydrogen (secondary N) is 1. The second-order valence-corrected chi connectivity index (χ2v) is 4.86. The molecule has 1 fully saturated rings. The zero-order chi connectivity index (χ0) is 9.90. The van der Waals surface area contributed by atoms with Crippen LogP contribution in [-0.4, -0.2) is 24.3 Å². The molecule has 0 aliphatic heterocycles. The van der Waals surface area contributed by atoms with Gasteiger partial charge in [-0.3, -0.25) is 0 Å². The molecular formula is C11H23NO. The van der Waals surface area contributed by atoms with Gasteiger partial charge in [-0.25, -0.2) is 0 Å². The first-order chi connectivity index (χ1) is 6.07. The summed E-state index contributed by atoms with van der Waals surface area (Å²) in [6, 6.07) is 0. The molecular weight excluding hydrogens is 162 g/mol. The average Bonchev–Trinajstić information content (AvgIpc) is 2.04. The Bertz CT molecular complexity index is 154. The summed E-state index contributed by atoms with van der Waals surface area (Å²) in [6.07, 6.45) is 4.42. The van der Waals surface area contributed by atoms with Gasteiger partial charge < -0.3 is 10.4 Å². The van der Waals surface area contributed by atoms with Crippen LogP contribution in [0.5, 0.6) is 0 Å². The Balaban J connectivity index is 2.49. The van der Waals surface area contributed by atoms with Gasteiger partial charge >= 0.3 is 0 Å². The van der Waals surface area contributed by atoms with Crippen molar-refractivity contribution in [2.24, 2.45) is 11.8 Å². The standard InChI is InChI=1S/C11H23NO/c1-9(2)10-5-4-6-11(13,7-10)8-12-3/h9-10,12-13H,4-8H2,1-3H3. The van der Waals surface area contributed by atoms with E-state index in [1.807, 2.05) is 7.05 Å². The zero-order valence-electron chi connectivity index (χ0n) is 9.14. The maximum Gasteiger partial charge on any atom is 0.0774 e. The van der Waals surface area contributed by atoms with E-state index < -0.39 is 5.60 Å². The van der Waals surface area contributed by atoms with Gasteiger partial charge in [-0.15, -0.1) is 0 Å². The first-order valence-corrected chi connectivity index (χ1v) is 5.44. The molecule has 2 atom stereocenters. The highest BCUT2D eigenvalue weighted by atomic mass is 16.3. The second kappa shape index (κ2) is 4.43. The molecule has 0 spiro atoms. The minimum absolute atomic E-state index is 0.429. The smallest absolute Gasteiger partial charge is 0.0774 e. The molecule has 0 saturated heterocycles. The third-order valence-electron chi connectivity index (χ3n) is 3.31. The maximum atomic E-state index is 10.2. The fourth-order valence-corrected chi connectivity index (χ4v) is 2.44. The SMILES string of the molecule is CNCC1(O)CCCC(C(C)C)C1. The van der Waals surface area contributed by atoms with Gasteiger partial charge in [0.2, 0.25) is 0 Å². The molecule has 2 unspecified atom stereocenters. The van der Waals surface area contributed by atoms with Gasteiger partial charge in [-0.1, -0.05) is 20.3 Å². The summed E-state index contributed by atoms with van der Waals surface area (Å²) in [5.41, 5.74) is -0.429. The maximum absolute atomic E-state index is 10.2. The number of aliphatic hydroxyl groups is 1. The van der Waals surface area contributed by atoms with Crippen molar-refractivity contribution in [1.29, 1.82) is 0 Å². The van der Waals surface area contributed by atoms with Crippen LogP contribution in [-0.2, 0) is 0 Å². The summed E-state index contributed by atoms with van der Waals surface area (Å²) in [7, 11) is 1.91. The van der Waals surface area contributed by atoms with Crippen molar-refractivity contribution in [2.75, 3.05) is 13.6 Å². The first kappa shape index (κ1) is 11.0. The second-order valence-electron chi connectivity index (χ2n) is 4.86. The Kier molecular flexibility index (Phi) is 3.74. The highest BCUT2D eigenvalue weighted by Gasteiger charge is 2.34. The van der Waals surface area contributed by atoms with Crippen LogP contribution in [0.15, 0.2) is 0 Å². The largest absolute Gasteiger partial charge is 0.389 e. The summed E-state index contributed by atoms with van der Waals surface area (Å²) >= 11 is 0. The molecule has 0 radical (unpaired) electrons.